The third kappa shape index (κ3) is 5.26. The quantitative estimate of drug-likeness (QED) is 0.719. The second kappa shape index (κ2) is 6.80. The molecule has 92 valence electrons. The normalized spacial score (nSPS) is 9.71. The maximum Gasteiger partial charge on any atom is 0.236 e. The third-order valence-electron chi connectivity index (χ3n) is 1.89. The lowest BCUT2D eigenvalue weighted by atomic mass is 10.3. The zero-order valence-electron chi connectivity index (χ0n) is 9.43. The number of carbonyl (C=O) groups excluding carboxylic acids is 2. The van der Waals surface area contributed by atoms with Crippen LogP contribution in [0.15, 0.2) is 29.2 Å². The van der Waals surface area contributed by atoms with Crippen LogP contribution in [0.5, 0.6) is 5.75 Å². The van der Waals surface area contributed by atoms with Crippen LogP contribution in [0.25, 0.3) is 0 Å². The van der Waals surface area contributed by atoms with Gasteiger partial charge in [-0.2, -0.15) is 0 Å². The van der Waals surface area contributed by atoms with Gasteiger partial charge in [0.15, 0.2) is 0 Å². The first-order valence-corrected chi connectivity index (χ1v) is 5.92. The first kappa shape index (κ1) is 13.4. The molecule has 0 aliphatic heterocycles. The Bertz CT molecular complexity index is 392. The van der Waals surface area contributed by atoms with Crippen molar-refractivity contribution in [1.82, 2.24) is 5.32 Å². The van der Waals surface area contributed by atoms with Crippen LogP contribution in [0.4, 0.5) is 0 Å². The van der Waals surface area contributed by atoms with Gasteiger partial charge in [-0.25, -0.2) is 0 Å². The summed E-state index contributed by atoms with van der Waals surface area (Å²) in [5, 5.41) is 2.42. The van der Waals surface area contributed by atoms with Gasteiger partial charge in [-0.1, -0.05) is 0 Å². The van der Waals surface area contributed by atoms with Crippen LogP contribution in [-0.4, -0.2) is 31.2 Å². The molecule has 0 unspecified atom stereocenters. The first-order chi connectivity index (χ1) is 8.11. The first-order valence-electron chi connectivity index (χ1n) is 4.93. The van der Waals surface area contributed by atoms with Gasteiger partial charge in [0.1, 0.15) is 5.75 Å². The van der Waals surface area contributed by atoms with Crippen molar-refractivity contribution in [2.24, 2.45) is 5.73 Å². The summed E-state index contributed by atoms with van der Waals surface area (Å²) in [6.07, 6.45) is 0. The van der Waals surface area contributed by atoms with Gasteiger partial charge in [0.25, 0.3) is 0 Å². The van der Waals surface area contributed by atoms with Gasteiger partial charge < -0.3 is 15.8 Å². The molecule has 6 heteroatoms. The average Bonchev–Trinajstić information content (AvgIpc) is 2.34. The third-order valence-corrected chi connectivity index (χ3v) is 2.90. The second-order valence-electron chi connectivity index (χ2n) is 3.21. The molecule has 1 aromatic rings. The van der Waals surface area contributed by atoms with E-state index >= 15 is 0 Å². The average molecular weight is 254 g/mol. The van der Waals surface area contributed by atoms with Crippen LogP contribution in [-0.2, 0) is 9.59 Å². The minimum Gasteiger partial charge on any atom is -0.497 e. The number of amides is 2. The zero-order valence-corrected chi connectivity index (χ0v) is 10.3. The summed E-state index contributed by atoms with van der Waals surface area (Å²) in [6.45, 7) is -0.123. The van der Waals surface area contributed by atoms with Gasteiger partial charge in [0.2, 0.25) is 11.8 Å². The van der Waals surface area contributed by atoms with Gasteiger partial charge in [-0.05, 0) is 24.3 Å². The van der Waals surface area contributed by atoms with E-state index in [0.29, 0.717) is 0 Å². The Morgan fingerprint density at radius 1 is 1.35 bits per heavy atom. The molecule has 5 nitrogen and oxygen atoms in total. The van der Waals surface area contributed by atoms with E-state index in [9.17, 15) is 9.59 Å². The van der Waals surface area contributed by atoms with Crippen LogP contribution in [0.1, 0.15) is 0 Å². The van der Waals surface area contributed by atoms with Crippen LogP contribution >= 0.6 is 11.8 Å². The van der Waals surface area contributed by atoms with Crippen molar-refractivity contribution >= 4 is 23.6 Å². The molecule has 0 saturated heterocycles. The number of nitrogens with two attached hydrogens (primary N) is 1. The Labute approximate surface area is 104 Å². The van der Waals surface area contributed by atoms with Crippen molar-refractivity contribution in [3.63, 3.8) is 0 Å². The molecule has 0 aromatic heterocycles. The van der Waals surface area contributed by atoms with E-state index in [1.165, 1.54) is 11.8 Å². The molecular formula is C11H14N2O3S. The number of ether oxygens (including phenoxy) is 1. The van der Waals surface area contributed by atoms with Gasteiger partial charge in [-0.15, -0.1) is 11.8 Å². The van der Waals surface area contributed by atoms with E-state index in [4.69, 9.17) is 10.5 Å². The van der Waals surface area contributed by atoms with Crippen molar-refractivity contribution < 1.29 is 14.3 Å². The fourth-order valence-corrected chi connectivity index (χ4v) is 1.79. The van der Waals surface area contributed by atoms with Crippen molar-refractivity contribution in [3.05, 3.63) is 24.3 Å². The predicted octanol–water partition coefficient (Wildman–Crippen LogP) is 0.389. The van der Waals surface area contributed by atoms with E-state index in [1.807, 2.05) is 24.3 Å². The van der Waals surface area contributed by atoms with Crippen molar-refractivity contribution in [2.75, 3.05) is 19.4 Å². The second-order valence-corrected chi connectivity index (χ2v) is 4.26. The van der Waals surface area contributed by atoms with E-state index in [0.717, 1.165) is 10.6 Å². The summed E-state index contributed by atoms with van der Waals surface area (Å²) in [7, 11) is 1.60. The molecule has 3 N–H and O–H groups in total. The molecule has 0 saturated carbocycles. The maximum absolute atomic E-state index is 11.3. The number of rotatable bonds is 6. The topological polar surface area (TPSA) is 81.4 Å². The molecule has 0 aliphatic carbocycles. The van der Waals surface area contributed by atoms with E-state index in [-0.39, 0.29) is 18.2 Å². The lowest BCUT2D eigenvalue weighted by Crippen LogP contribution is -2.34. The fraction of sp³-hybridized carbons (Fsp3) is 0.273. The maximum atomic E-state index is 11.3. The van der Waals surface area contributed by atoms with E-state index < -0.39 is 5.91 Å². The van der Waals surface area contributed by atoms with E-state index in [2.05, 4.69) is 5.32 Å². The fourth-order valence-electron chi connectivity index (χ4n) is 1.06. The zero-order chi connectivity index (χ0) is 12.7. The number of hydrogen-bond donors (Lipinski definition) is 2. The smallest absolute Gasteiger partial charge is 0.236 e. The van der Waals surface area contributed by atoms with E-state index in [1.54, 1.807) is 7.11 Å². The van der Waals surface area contributed by atoms with Gasteiger partial charge in [0.05, 0.1) is 19.4 Å². The van der Waals surface area contributed by atoms with Crippen LogP contribution in [0, 0.1) is 0 Å². The highest BCUT2D eigenvalue weighted by Gasteiger charge is 2.03. The Morgan fingerprint density at radius 2 is 2.00 bits per heavy atom. The molecule has 1 aromatic carbocycles. The summed E-state index contributed by atoms with van der Waals surface area (Å²) < 4.78 is 5.02. The lowest BCUT2D eigenvalue weighted by Gasteiger charge is -2.04. The summed E-state index contributed by atoms with van der Waals surface area (Å²) >= 11 is 1.38. The molecule has 0 fully saturated rings. The molecule has 0 aliphatic rings. The predicted molar refractivity (Wildman–Crippen MR) is 65.9 cm³/mol. The summed E-state index contributed by atoms with van der Waals surface area (Å²) in [4.78, 5) is 22.7. The summed E-state index contributed by atoms with van der Waals surface area (Å²) in [5.41, 5.74) is 4.91. The molecule has 0 radical (unpaired) electrons. The number of benzene rings is 1. The molecule has 17 heavy (non-hydrogen) atoms. The Balaban J connectivity index is 2.34. The Kier molecular flexibility index (Phi) is 5.35. The van der Waals surface area contributed by atoms with Gasteiger partial charge in [0, 0.05) is 4.90 Å². The Hall–Kier alpha value is -1.69. The molecule has 2 amide bonds. The molecule has 0 heterocycles. The number of methoxy groups -OCH3 is 1. The Morgan fingerprint density at radius 3 is 2.53 bits per heavy atom. The highest BCUT2D eigenvalue weighted by molar-refractivity contribution is 8.00. The highest BCUT2D eigenvalue weighted by atomic mass is 32.2. The number of hydrogen-bond acceptors (Lipinski definition) is 4. The number of nitrogens with one attached hydrogen (secondary N) is 1. The van der Waals surface area contributed by atoms with Gasteiger partial charge >= 0.3 is 0 Å². The minimum absolute atomic E-state index is 0.123. The van der Waals surface area contributed by atoms with Crippen LogP contribution < -0.4 is 15.8 Å². The molecule has 1 rings (SSSR count). The van der Waals surface area contributed by atoms with Gasteiger partial charge in [-0.3, -0.25) is 9.59 Å². The number of primary amides is 1. The van der Waals surface area contributed by atoms with Crippen LogP contribution in [0.2, 0.25) is 0 Å². The molecule has 0 atom stereocenters. The standard InChI is InChI=1S/C11H14N2O3S/c1-16-8-2-4-9(5-3-8)17-7-11(15)13-6-10(12)14/h2-5H,6-7H2,1H3,(H2,12,14)(H,13,15). The van der Waals surface area contributed by atoms with Crippen molar-refractivity contribution in [2.45, 2.75) is 4.90 Å². The summed E-state index contributed by atoms with van der Waals surface area (Å²) in [5.74, 6) is 0.254. The highest BCUT2D eigenvalue weighted by Crippen LogP contribution is 2.20. The molecular weight excluding hydrogens is 240 g/mol. The summed E-state index contributed by atoms with van der Waals surface area (Å²) in [6, 6.07) is 7.38. The van der Waals surface area contributed by atoms with Crippen molar-refractivity contribution in [1.29, 1.82) is 0 Å². The largest absolute Gasteiger partial charge is 0.497 e. The number of thioether (sulfide) groups is 1. The van der Waals surface area contributed by atoms with Crippen molar-refractivity contribution in [3.8, 4) is 5.75 Å². The monoisotopic (exact) mass is 254 g/mol. The molecule has 0 bridgehead atoms. The lowest BCUT2D eigenvalue weighted by molar-refractivity contribution is -0.123. The number of carbonyl (C=O) groups is 2. The molecule has 0 spiro atoms. The minimum atomic E-state index is -0.548. The van der Waals surface area contributed by atoms with Crippen LogP contribution in [0.3, 0.4) is 0 Å². The SMILES string of the molecule is COc1ccc(SCC(=O)NCC(N)=O)cc1.